The highest BCUT2D eigenvalue weighted by Crippen LogP contribution is 2.52. The summed E-state index contributed by atoms with van der Waals surface area (Å²) in [5.74, 6) is 0.282. The van der Waals surface area contributed by atoms with Crippen molar-refractivity contribution in [2.24, 2.45) is 0 Å². The molecule has 0 N–H and O–H groups in total. The molecule has 1 aromatic rings. The van der Waals surface area contributed by atoms with Crippen LogP contribution in [0.4, 0.5) is 8.78 Å². The maximum absolute atomic E-state index is 13.2. The number of rotatable bonds is 3. The molecule has 98 valence electrons. The summed E-state index contributed by atoms with van der Waals surface area (Å²) in [7, 11) is 1.41. The van der Waals surface area contributed by atoms with Crippen LogP contribution in [0, 0.1) is 0 Å². The number of fused-ring (bicyclic) bond motifs is 1. The average molecular weight is 256 g/mol. The summed E-state index contributed by atoms with van der Waals surface area (Å²) in [6.45, 7) is 7.46. The van der Waals surface area contributed by atoms with Gasteiger partial charge in [-0.05, 0) is 12.0 Å². The second kappa shape index (κ2) is 4.15. The average Bonchev–Trinajstić information content (AvgIpc) is 2.61. The number of hydrogen-bond donors (Lipinski definition) is 0. The van der Waals surface area contributed by atoms with Gasteiger partial charge in [-0.25, -0.2) is 0 Å². The summed E-state index contributed by atoms with van der Waals surface area (Å²) in [5.41, 5.74) is 1.24. The Balaban J connectivity index is 2.68. The van der Waals surface area contributed by atoms with Gasteiger partial charge < -0.3 is 14.2 Å². The summed E-state index contributed by atoms with van der Waals surface area (Å²) < 4.78 is 40.5. The molecule has 1 aromatic carbocycles. The minimum Gasteiger partial charge on any atom is -0.492 e. The first kappa shape index (κ1) is 12.7. The molecular weight excluding hydrogens is 242 g/mol. The van der Waals surface area contributed by atoms with E-state index >= 15 is 0 Å². The van der Waals surface area contributed by atoms with Crippen LogP contribution in [0.2, 0.25) is 0 Å². The lowest BCUT2D eigenvalue weighted by molar-refractivity contribution is -0.287. The van der Waals surface area contributed by atoms with E-state index in [9.17, 15) is 8.78 Å². The fraction of sp³-hybridized carbons (Fsp3) is 0.385. The Bertz CT molecular complexity index is 495. The van der Waals surface area contributed by atoms with Gasteiger partial charge in [-0.1, -0.05) is 26.5 Å². The molecule has 1 aliphatic rings. The Kier molecular flexibility index (Phi) is 2.92. The molecule has 0 amide bonds. The SMILES string of the molecule is C=Cc1cc(C(C)C)c(OC)c2c1OC(F)(F)O2. The van der Waals surface area contributed by atoms with Gasteiger partial charge in [0.15, 0.2) is 11.5 Å². The molecule has 2 rings (SSSR count). The molecule has 0 fully saturated rings. The summed E-state index contributed by atoms with van der Waals surface area (Å²) in [4.78, 5) is 0. The zero-order valence-electron chi connectivity index (χ0n) is 10.4. The predicted octanol–water partition coefficient (Wildman–Crippen LogP) is 3.78. The normalized spacial score (nSPS) is 15.9. The Hall–Kier alpha value is -1.78. The highest BCUT2D eigenvalue weighted by atomic mass is 19.3. The van der Waals surface area contributed by atoms with Crippen LogP contribution >= 0.6 is 0 Å². The van der Waals surface area contributed by atoms with Crippen LogP contribution < -0.4 is 14.2 Å². The van der Waals surface area contributed by atoms with Crippen molar-refractivity contribution in [3.8, 4) is 17.2 Å². The first-order chi connectivity index (χ1) is 8.39. The van der Waals surface area contributed by atoms with Crippen LogP contribution in [-0.2, 0) is 0 Å². The molecular formula is C13H14F2O3. The molecule has 0 atom stereocenters. The van der Waals surface area contributed by atoms with E-state index < -0.39 is 6.29 Å². The maximum Gasteiger partial charge on any atom is 0.586 e. The van der Waals surface area contributed by atoms with E-state index in [0.717, 1.165) is 5.56 Å². The van der Waals surface area contributed by atoms with Gasteiger partial charge in [0.1, 0.15) is 0 Å². The topological polar surface area (TPSA) is 27.7 Å². The summed E-state index contributed by atoms with van der Waals surface area (Å²) >= 11 is 0. The van der Waals surface area contributed by atoms with E-state index in [1.807, 2.05) is 13.8 Å². The van der Waals surface area contributed by atoms with Gasteiger partial charge in [0.2, 0.25) is 5.75 Å². The van der Waals surface area contributed by atoms with Gasteiger partial charge >= 0.3 is 6.29 Å². The lowest BCUT2D eigenvalue weighted by Crippen LogP contribution is -2.26. The lowest BCUT2D eigenvalue weighted by atomic mass is 9.98. The standard InChI is InChI=1S/C13H14F2O3/c1-5-8-6-9(7(2)3)11(16-4)12-10(8)17-13(14,15)18-12/h5-7H,1H2,2-4H3. The van der Waals surface area contributed by atoms with E-state index in [0.29, 0.717) is 5.56 Å². The van der Waals surface area contributed by atoms with Crippen LogP contribution in [0.1, 0.15) is 30.9 Å². The van der Waals surface area contributed by atoms with Crippen LogP contribution in [0.15, 0.2) is 12.6 Å². The van der Waals surface area contributed by atoms with Gasteiger partial charge in [0.05, 0.1) is 7.11 Å². The largest absolute Gasteiger partial charge is 0.586 e. The van der Waals surface area contributed by atoms with Crippen molar-refractivity contribution in [1.29, 1.82) is 0 Å². The maximum atomic E-state index is 13.2. The van der Waals surface area contributed by atoms with E-state index in [-0.39, 0.29) is 23.2 Å². The number of benzene rings is 1. The highest BCUT2D eigenvalue weighted by molar-refractivity contribution is 5.69. The van der Waals surface area contributed by atoms with Crippen molar-refractivity contribution >= 4 is 6.08 Å². The zero-order chi connectivity index (χ0) is 13.5. The molecule has 0 saturated heterocycles. The minimum absolute atomic E-state index is 0.0312. The molecule has 1 heterocycles. The molecule has 3 nitrogen and oxygen atoms in total. The van der Waals surface area contributed by atoms with Crippen LogP contribution in [-0.4, -0.2) is 13.4 Å². The number of halogens is 2. The molecule has 0 aliphatic carbocycles. The van der Waals surface area contributed by atoms with Crippen molar-refractivity contribution in [1.82, 2.24) is 0 Å². The first-order valence-corrected chi connectivity index (χ1v) is 5.52. The van der Waals surface area contributed by atoms with Crippen LogP contribution in [0.25, 0.3) is 6.08 Å². The molecule has 0 aromatic heterocycles. The van der Waals surface area contributed by atoms with Gasteiger partial charge in [-0.2, -0.15) is 0 Å². The third-order valence-electron chi connectivity index (χ3n) is 2.74. The van der Waals surface area contributed by atoms with Crippen molar-refractivity contribution in [2.45, 2.75) is 26.1 Å². The number of ether oxygens (including phenoxy) is 3. The summed E-state index contributed by atoms with van der Waals surface area (Å²) in [6, 6.07) is 1.72. The van der Waals surface area contributed by atoms with Crippen LogP contribution in [0.5, 0.6) is 17.2 Å². The van der Waals surface area contributed by atoms with Crippen LogP contribution in [0.3, 0.4) is 0 Å². The van der Waals surface area contributed by atoms with E-state index in [2.05, 4.69) is 16.1 Å². The minimum atomic E-state index is -3.66. The van der Waals surface area contributed by atoms with Crippen molar-refractivity contribution in [3.63, 3.8) is 0 Å². The van der Waals surface area contributed by atoms with Crippen molar-refractivity contribution < 1.29 is 23.0 Å². The van der Waals surface area contributed by atoms with Gasteiger partial charge in [0, 0.05) is 11.1 Å². The Morgan fingerprint density at radius 3 is 2.44 bits per heavy atom. The predicted molar refractivity (Wildman–Crippen MR) is 63.4 cm³/mol. The number of alkyl halides is 2. The zero-order valence-corrected chi connectivity index (χ0v) is 10.4. The summed E-state index contributed by atoms with van der Waals surface area (Å²) in [5, 5.41) is 0. The second-order valence-electron chi connectivity index (χ2n) is 4.27. The smallest absolute Gasteiger partial charge is 0.492 e. The van der Waals surface area contributed by atoms with Gasteiger partial charge in [-0.15, -0.1) is 8.78 Å². The first-order valence-electron chi connectivity index (χ1n) is 5.52. The van der Waals surface area contributed by atoms with E-state index in [1.165, 1.54) is 13.2 Å². The molecule has 0 saturated carbocycles. The third-order valence-corrected chi connectivity index (χ3v) is 2.74. The highest BCUT2D eigenvalue weighted by Gasteiger charge is 2.46. The van der Waals surface area contributed by atoms with E-state index in [1.54, 1.807) is 6.07 Å². The summed E-state index contributed by atoms with van der Waals surface area (Å²) in [6.07, 6.45) is -2.21. The molecule has 18 heavy (non-hydrogen) atoms. The molecule has 0 bridgehead atoms. The monoisotopic (exact) mass is 256 g/mol. The second-order valence-corrected chi connectivity index (χ2v) is 4.27. The molecule has 0 radical (unpaired) electrons. The number of methoxy groups -OCH3 is 1. The third kappa shape index (κ3) is 1.89. The molecule has 0 unspecified atom stereocenters. The van der Waals surface area contributed by atoms with Crippen molar-refractivity contribution in [2.75, 3.05) is 7.11 Å². The van der Waals surface area contributed by atoms with E-state index in [4.69, 9.17) is 4.74 Å². The Morgan fingerprint density at radius 1 is 1.33 bits per heavy atom. The fourth-order valence-corrected chi connectivity index (χ4v) is 1.91. The van der Waals surface area contributed by atoms with Crippen molar-refractivity contribution in [3.05, 3.63) is 23.8 Å². The fourth-order valence-electron chi connectivity index (χ4n) is 1.91. The van der Waals surface area contributed by atoms with Gasteiger partial charge in [-0.3, -0.25) is 0 Å². The Labute approximate surface area is 104 Å². The van der Waals surface area contributed by atoms with Gasteiger partial charge in [0.25, 0.3) is 0 Å². The lowest BCUT2D eigenvalue weighted by Gasteiger charge is -2.15. The molecule has 5 heteroatoms. The quantitative estimate of drug-likeness (QED) is 0.823. The molecule has 1 aliphatic heterocycles. The Morgan fingerprint density at radius 2 is 1.94 bits per heavy atom. The number of hydrogen-bond acceptors (Lipinski definition) is 3. The molecule has 0 spiro atoms.